The van der Waals surface area contributed by atoms with Crippen LogP contribution in [0.15, 0.2) is 36.5 Å². The van der Waals surface area contributed by atoms with E-state index >= 15 is 0 Å². The van der Waals surface area contributed by atoms with Gasteiger partial charge in [-0.1, -0.05) is 24.3 Å². The Balaban J connectivity index is 2.10. The first kappa shape index (κ1) is 10.6. The van der Waals surface area contributed by atoms with Crippen LogP contribution in [0.2, 0.25) is 0 Å². The molecular weight excluding hydrogens is 204 g/mol. The van der Waals surface area contributed by atoms with E-state index in [-0.39, 0.29) is 6.54 Å². The van der Waals surface area contributed by atoms with Crippen LogP contribution in [0, 0.1) is 0 Å². The van der Waals surface area contributed by atoms with Gasteiger partial charge in [-0.15, -0.1) is 0 Å². The van der Waals surface area contributed by atoms with E-state index in [0.29, 0.717) is 6.54 Å². The van der Waals surface area contributed by atoms with Crippen LogP contribution in [0.3, 0.4) is 0 Å². The number of hydrogen-bond donors (Lipinski definition) is 2. The molecule has 0 aliphatic carbocycles. The summed E-state index contributed by atoms with van der Waals surface area (Å²) in [5.41, 5.74) is 0.847. The van der Waals surface area contributed by atoms with Gasteiger partial charge in [-0.3, -0.25) is 9.78 Å². The van der Waals surface area contributed by atoms with Crippen molar-refractivity contribution in [3.05, 3.63) is 42.2 Å². The van der Waals surface area contributed by atoms with Crippen molar-refractivity contribution in [1.82, 2.24) is 10.3 Å². The molecule has 0 aliphatic rings. The Kier molecular flexibility index (Phi) is 3.12. The Bertz CT molecular complexity index is 511. The molecule has 0 amide bonds. The van der Waals surface area contributed by atoms with Crippen molar-refractivity contribution in [2.45, 2.75) is 6.54 Å². The topological polar surface area (TPSA) is 62.2 Å². The number of pyridine rings is 1. The van der Waals surface area contributed by atoms with Crippen LogP contribution in [0.4, 0.5) is 0 Å². The zero-order valence-corrected chi connectivity index (χ0v) is 8.68. The molecule has 2 aromatic rings. The molecule has 0 unspecified atom stereocenters. The highest BCUT2D eigenvalue weighted by atomic mass is 16.4. The van der Waals surface area contributed by atoms with E-state index in [2.05, 4.69) is 10.3 Å². The number of hydrogen-bond acceptors (Lipinski definition) is 3. The summed E-state index contributed by atoms with van der Waals surface area (Å²) in [5, 5.41) is 13.5. The molecule has 1 aromatic heterocycles. The summed E-state index contributed by atoms with van der Waals surface area (Å²) in [6, 6.07) is 9.90. The highest BCUT2D eigenvalue weighted by Crippen LogP contribution is 2.12. The molecule has 0 atom stereocenters. The molecule has 4 nitrogen and oxygen atoms in total. The lowest BCUT2D eigenvalue weighted by atomic mass is 10.1. The largest absolute Gasteiger partial charge is 0.480 e. The molecule has 0 radical (unpaired) electrons. The average molecular weight is 216 g/mol. The van der Waals surface area contributed by atoms with Crippen LogP contribution in [0.25, 0.3) is 10.8 Å². The van der Waals surface area contributed by atoms with Gasteiger partial charge in [0.15, 0.2) is 0 Å². The number of carbonyl (C=O) groups is 1. The maximum Gasteiger partial charge on any atom is 0.317 e. The van der Waals surface area contributed by atoms with Crippen LogP contribution >= 0.6 is 0 Å². The molecule has 1 aromatic carbocycles. The molecule has 0 spiro atoms. The molecule has 0 saturated carbocycles. The van der Waals surface area contributed by atoms with Gasteiger partial charge < -0.3 is 10.4 Å². The number of rotatable bonds is 4. The first-order chi connectivity index (χ1) is 7.75. The van der Waals surface area contributed by atoms with E-state index in [1.807, 2.05) is 30.3 Å². The molecule has 4 heteroatoms. The van der Waals surface area contributed by atoms with Gasteiger partial charge in [-0.05, 0) is 11.5 Å². The second-order valence-electron chi connectivity index (χ2n) is 3.52. The Labute approximate surface area is 92.9 Å². The first-order valence-corrected chi connectivity index (χ1v) is 5.02. The molecule has 2 rings (SSSR count). The smallest absolute Gasteiger partial charge is 0.317 e. The third kappa shape index (κ3) is 2.55. The van der Waals surface area contributed by atoms with E-state index < -0.39 is 5.97 Å². The van der Waals surface area contributed by atoms with E-state index in [1.165, 1.54) is 0 Å². The van der Waals surface area contributed by atoms with Crippen LogP contribution in [0.1, 0.15) is 5.69 Å². The van der Waals surface area contributed by atoms with E-state index in [1.54, 1.807) is 6.20 Å². The number of carboxylic acids is 1. The summed E-state index contributed by atoms with van der Waals surface area (Å²) >= 11 is 0. The number of aromatic nitrogens is 1. The Morgan fingerprint density at radius 1 is 1.31 bits per heavy atom. The van der Waals surface area contributed by atoms with Gasteiger partial charge in [0, 0.05) is 18.1 Å². The number of fused-ring (bicyclic) bond motifs is 1. The van der Waals surface area contributed by atoms with Crippen molar-refractivity contribution in [2.75, 3.05) is 6.54 Å². The van der Waals surface area contributed by atoms with Gasteiger partial charge in [0.25, 0.3) is 0 Å². The number of nitrogens with one attached hydrogen (secondary N) is 1. The Hall–Kier alpha value is -1.94. The molecule has 16 heavy (non-hydrogen) atoms. The van der Waals surface area contributed by atoms with Crippen LogP contribution < -0.4 is 5.32 Å². The van der Waals surface area contributed by atoms with Gasteiger partial charge in [0.2, 0.25) is 0 Å². The lowest BCUT2D eigenvalue weighted by molar-refractivity contribution is -0.135. The SMILES string of the molecule is O=C(O)CNCc1cc2ccccc2cn1. The van der Waals surface area contributed by atoms with Crippen LogP contribution in [0.5, 0.6) is 0 Å². The molecule has 0 fully saturated rings. The molecule has 0 aliphatic heterocycles. The number of nitrogens with zero attached hydrogens (tertiary/aromatic N) is 1. The number of aliphatic carboxylic acids is 1. The zero-order valence-electron chi connectivity index (χ0n) is 8.68. The molecule has 1 heterocycles. The molecule has 82 valence electrons. The highest BCUT2D eigenvalue weighted by molar-refractivity contribution is 5.81. The quantitative estimate of drug-likeness (QED) is 0.811. The van der Waals surface area contributed by atoms with Gasteiger partial charge in [0.05, 0.1) is 12.2 Å². The zero-order chi connectivity index (χ0) is 11.4. The minimum Gasteiger partial charge on any atom is -0.480 e. The average Bonchev–Trinajstić information content (AvgIpc) is 2.28. The van der Waals surface area contributed by atoms with Gasteiger partial charge in [-0.2, -0.15) is 0 Å². The summed E-state index contributed by atoms with van der Waals surface area (Å²) in [4.78, 5) is 14.6. The summed E-state index contributed by atoms with van der Waals surface area (Å²) in [6.45, 7) is 0.422. The fourth-order valence-electron chi connectivity index (χ4n) is 1.52. The predicted octanol–water partition coefficient (Wildman–Crippen LogP) is 1.41. The summed E-state index contributed by atoms with van der Waals surface area (Å²) < 4.78 is 0. The van der Waals surface area contributed by atoms with Crippen molar-refractivity contribution >= 4 is 16.7 Å². The minimum absolute atomic E-state index is 0.0471. The van der Waals surface area contributed by atoms with Gasteiger partial charge in [-0.25, -0.2) is 0 Å². The molecule has 2 N–H and O–H groups in total. The standard InChI is InChI=1S/C12H12N2O2/c15-12(16)8-13-7-11-5-9-3-1-2-4-10(9)6-14-11/h1-6,13H,7-8H2,(H,15,16). The maximum absolute atomic E-state index is 10.3. The predicted molar refractivity (Wildman–Crippen MR) is 61.1 cm³/mol. The fraction of sp³-hybridized carbons (Fsp3) is 0.167. The van der Waals surface area contributed by atoms with E-state index in [9.17, 15) is 4.79 Å². The molecular formula is C12H12N2O2. The first-order valence-electron chi connectivity index (χ1n) is 5.02. The molecule has 0 saturated heterocycles. The second-order valence-corrected chi connectivity index (χ2v) is 3.52. The fourth-order valence-corrected chi connectivity index (χ4v) is 1.52. The monoisotopic (exact) mass is 216 g/mol. The van der Waals surface area contributed by atoms with E-state index in [4.69, 9.17) is 5.11 Å². The van der Waals surface area contributed by atoms with Crippen molar-refractivity contribution in [3.8, 4) is 0 Å². The summed E-state index contributed by atoms with van der Waals surface area (Å²) in [5.74, 6) is -0.860. The number of benzene rings is 1. The lowest BCUT2D eigenvalue weighted by Crippen LogP contribution is -2.22. The minimum atomic E-state index is -0.860. The third-order valence-corrected chi connectivity index (χ3v) is 2.27. The lowest BCUT2D eigenvalue weighted by Gasteiger charge is -2.03. The van der Waals surface area contributed by atoms with Crippen LogP contribution in [-0.2, 0) is 11.3 Å². The van der Waals surface area contributed by atoms with Gasteiger partial charge in [0.1, 0.15) is 0 Å². The number of carboxylic acid groups (broad SMARTS) is 1. The van der Waals surface area contributed by atoms with Crippen molar-refractivity contribution in [3.63, 3.8) is 0 Å². The van der Waals surface area contributed by atoms with Crippen molar-refractivity contribution in [1.29, 1.82) is 0 Å². The van der Waals surface area contributed by atoms with Crippen molar-refractivity contribution in [2.24, 2.45) is 0 Å². The highest BCUT2D eigenvalue weighted by Gasteiger charge is 1.99. The normalized spacial score (nSPS) is 10.5. The Morgan fingerprint density at radius 3 is 2.81 bits per heavy atom. The van der Waals surface area contributed by atoms with Crippen LogP contribution in [-0.4, -0.2) is 22.6 Å². The second kappa shape index (κ2) is 4.72. The summed E-state index contributed by atoms with van der Waals surface area (Å²) in [6.07, 6.45) is 1.80. The van der Waals surface area contributed by atoms with E-state index in [0.717, 1.165) is 16.5 Å². The van der Waals surface area contributed by atoms with Gasteiger partial charge >= 0.3 is 5.97 Å². The third-order valence-electron chi connectivity index (χ3n) is 2.27. The van der Waals surface area contributed by atoms with Crippen molar-refractivity contribution < 1.29 is 9.90 Å². The maximum atomic E-state index is 10.3. The Morgan fingerprint density at radius 2 is 2.06 bits per heavy atom. The summed E-state index contributed by atoms with van der Waals surface area (Å²) in [7, 11) is 0. The molecule has 0 bridgehead atoms.